The number of hydrogen-bond donors (Lipinski definition) is 3. The maximum Gasteiger partial charge on any atom is 0.245 e. The average Bonchev–Trinajstić information content (AvgIpc) is 3.02. The molecule has 0 aliphatic carbocycles. The number of hydrogen-bond acceptors (Lipinski definition) is 5. The molecule has 4 N–H and O–H groups in total. The molecule has 1 aromatic heterocycles. The summed E-state index contributed by atoms with van der Waals surface area (Å²) in [6.45, 7) is 5.65. The summed E-state index contributed by atoms with van der Waals surface area (Å²) in [6, 6.07) is 9.24. The summed E-state index contributed by atoms with van der Waals surface area (Å²) >= 11 is 1.45. The Balaban J connectivity index is 2.00. The minimum Gasteiger partial charge on any atom is -0.346 e. The predicted octanol–water partition coefficient (Wildman–Crippen LogP) is 2.41. The number of nitrogens with one attached hydrogen (secondary N) is 2. The number of nitrogens with zero attached hydrogens (tertiary/aromatic N) is 1. The van der Waals surface area contributed by atoms with Gasteiger partial charge in [-0.15, -0.1) is 11.3 Å². The van der Waals surface area contributed by atoms with E-state index in [9.17, 15) is 9.59 Å². The van der Waals surface area contributed by atoms with E-state index >= 15 is 0 Å². The van der Waals surface area contributed by atoms with E-state index in [2.05, 4.69) is 22.5 Å². The highest BCUT2D eigenvalue weighted by Crippen LogP contribution is 2.31. The van der Waals surface area contributed by atoms with Crippen molar-refractivity contribution in [2.24, 2.45) is 11.7 Å². The van der Waals surface area contributed by atoms with Crippen molar-refractivity contribution in [3.63, 3.8) is 0 Å². The van der Waals surface area contributed by atoms with Gasteiger partial charge >= 0.3 is 0 Å². The Bertz CT molecular complexity index is 728. The third kappa shape index (κ3) is 5.11. The Hall–Kier alpha value is -2.25. The first-order valence-electron chi connectivity index (χ1n) is 8.30. The van der Waals surface area contributed by atoms with Gasteiger partial charge in [0.05, 0.1) is 18.3 Å². The molecule has 1 atom stereocenters. The van der Waals surface area contributed by atoms with Gasteiger partial charge in [-0.3, -0.25) is 9.59 Å². The molecule has 7 heteroatoms. The molecule has 6 nitrogen and oxygen atoms in total. The Morgan fingerprint density at radius 3 is 2.52 bits per heavy atom. The van der Waals surface area contributed by atoms with Gasteiger partial charge in [0.15, 0.2) is 5.13 Å². The van der Waals surface area contributed by atoms with Crippen LogP contribution in [0.2, 0.25) is 0 Å². The van der Waals surface area contributed by atoms with Crippen LogP contribution in [0.5, 0.6) is 0 Å². The first-order chi connectivity index (χ1) is 11.9. The number of carbonyl (C=O) groups excluding carboxylic acids is 2. The molecule has 1 heterocycles. The predicted molar refractivity (Wildman–Crippen MR) is 101 cm³/mol. The van der Waals surface area contributed by atoms with Crippen molar-refractivity contribution in [1.29, 1.82) is 0 Å². The molecule has 2 aromatic rings. The lowest BCUT2D eigenvalue weighted by Gasteiger charge is -2.14. The molecule has 0 saturated heterocycles. The molecule has 0 bridgehead atoms. The molecule has 0 fully saturated rings. The van der Waals surface area contributed by atoms with Crippen molar-refractivity contribution in [3.8, 4) is 11.3 Å². The second-order valence-electron chi connectivity index (χ2n) is 6.05. The second-order valence-corrected chi connectivity index (χ2v) is 7.13. The highest BCUT2D eigenvalue weighted by molar-refractivity contribution is 7.16. The molecule has 0 aliphatic heterocycles. The maximum atomic E-state index is 12.1. The van der Waals surface area contributed by atoms with E-state index in [4.69, 9.17) is 5.73 Å². The summed E-state index contributed by atoms with van der Waals surface area (Å²) in [5, 5.41) is 5.83. The first-order valence-corrected chi connectivity index (χ1v) is 9.12. The fourth-order valence-corrected chi connectivity index (χ4v) is 3.16. The molecule has 0 aliphatic rings. The lowest BCUT2D eigenvalue weighted by atomic mass is 10.1. The molecule has 25 heavy (non-hydrogen) atoms. The SMILES string of the molecule is CCc1sc(NC(=O)CNC(=O)[C@@H](N)C(C)C)nc1-c1ccccc1. The third-order valence-electron chi connectivity index (χ3n) is 3.76. The average molecular weight is 360 g/mol. The van der Waals surface area contributed by atoms with Crippen LogP contribution in [0.4, 0.5) is 5.13 Å². The molecule has 0 spiro atoms. The van der Waals surface area contributed by atoms with Gasteiger partial charge in [0.2, 0.25) is 11.8 Å². The van der Waals surface area contributed by atoms with Gasteiger partial charge in [-0.1, -0.05) is 51.1 Å². The van der Waals surface area contributed by atoms with Crippen molar-refractivity contribution in [2.75, 3.05) is 11.9 Å². The Labute approximate surface area is 151 Å². The number of rotatable bonds is 7. The number of thiazole rings is 1. The summed E-state index contributed by atoms with van der Waals surface area (Å²) in [6.07, 6.45) is 0.831. The van der Waals surface area contributed by atoms with E-state index in [1.165, 1.54) is 11.3 Å². The van der Waals surface area contributed by atoms with Gasteiger partial charge in [0.1, 0.15) is 0 Å². The smallest absolute Gasteiger partial charge is 0.245 e. The summed E-state index contributed by atoms with van der Waals surface area (Å²) in [5.74, 6) is -0.633. The molecule has 0 saturated carbocycles. The summed E-state index contributed by atoms with van der Waals surface area (Å²) in [5.41, 5.74) is 7.65. The number of anilines is 1. The van der Waals surface area contributed by atoms with E-state index in [0.29, 0.717) is 5.13 Å². The number of amides is 2. The van der Waals surface area contributed by atoms with Crippen LogP contribution in [0.3, 0.4) is 0 Å². The molecular formula is C18H24N4O2S. The van der Waals surface area contributed by atoms with E-state index in [-0.39, 0.29) is 24.3 Å². The highest BCUT2D eigenvalue weighted by Gasteiger charge is 2.18. The van der Waals surface area contributed by atoms with Gasteiger partial charge in [-0.2, -0.15) is 0 Å². The maximum absolute atomic E-state index is 12.1. The molecule has 0 unspecified atom stereocenters. The van der Waals surface area contributed by atoms with Crippen LogP contribution in [-0.4, -0.2) is 29.4 Å². The monoisotopic (exact) mass is 360 g/mol. The summed E-state index contributed by atoms with van der Waals surface area (Å²) in [4.78, 5) is 29.5. The number of aryl methyl sites for hydroxylation is 1. The van der Waals surface area contributed by atoms with E-state index in [0.717, 1.165) is 22.6 Å². The number of nitrogens with two attached hydrogens (primary N) is 1. The minimum absolute atomic E-state index is 0.0163. The lowest BCUT2D eigenvalue weighted by Crippen LogP contribution is -2.46. The molecule has 0 radical (unpaired) electrons. The molecule has 134 valence electrons. The summed E-state index contributed by atoms with van der Waals surface area (Å²) in [7, 11) is 0. The zero-order valence-electron chi connectivity index (χ0n) is 14.7. The van der Waals surface area contributed by atoms with E-state index in [1.807, 2.05) is 44.2 Å². The van der Waals surface area contributed by atoms with Gasteiger partial charge in [-0.25, -0.2) is 4.98 Å². The number of carbonyl (C=O) groups is 2. The van der Waals surface area contributed by atoms with Crippen LogP contribution >= 0.6 is 11.3 Å². The quantitative estimate of drug-likeness (QED) is 0.706. The van der Waals surface area contributed by atoms with Crippen molar-refractivity contribution in [2.45, 2.75) is 33.2 Å². The van der Waals surface area contributed by atoms with E-state index in [1.54, 1.807) is 0 Å². The van der Waals surface area contributed by atoms with Crippen molar-refractivity contribution < 1.29 is 9.59 Å². The zero-order chi connectivity index (χ0) is 18.4. The van der Waals surface area contributed by atoms with Crippen molar-refractivity contribution >= 4 is 28.3 Å². The standard InChI is InChI=1S/C18H24N4O2S/c1-4-13-16(12-8-6-5-7-9-12)22-18(25-13)21-14(23)10-20-17(24)15(19)11(2)3/h5-9,11,15H,4,10,19H2,1-3H3,(H,20,24)(H,21,22,23)/t15-/m0/s1. The van der Waals surface area contributed by atoms with Crippen LogP contribution in [-0.2, 0) is 16.0 Å². The van der Waals surface area contributed by atoms with Gasteiger partial charge in [-0.05, 0) is 12.3 Å². The van der Waals surface area contributed by atoms with Crippen molar-refractivity contribution in [3.05, 3.63) is 35.2 Å². The van der Waals surface area contributed by atoms with Crippen LogP contribution in [0.1, 0.15) is 25.6 Å². The fourth-order valence-electron chi connectivity index (χ4n) is 2.22. The topological polar surface area (TPSA) is 97.1 Å². The Kier molecular flexibility index (Phi) is 6.66. The van der Waals surface area contributed by atoms with Crippen LogP contribution in [0, 0.1) is 5.92 Å². The van der Waals surface area contributed by atoms with Crippen LogP contribution < -0.4 is 16.4 Å². The van der Waals surface area contributed by atoms with Crippen LogP contribution in [0.25, 0.3) is 11.3 Å². The van der Waals surface area contributed by atoms with Gasteiger partial charge < -0.3 is 16.4 Å². The molecule has 2 amide bonds. The zero-order valence-corrected chi connectivity index (χ0v) is 15.5. The first kappa shape index (κ1) is 19.1. The highest BCUT2D eigenvalue weighted by atomic mass is 32.1. The Morgan fingerprint density at radius 2 is 1.92 bits per heavy atom. The number of benzene rings is 1. The fraction of sp³-hybridized carbons (Fsp3) is 0.389. The molecule has 1 aromatic carbocycles. The van der Waals surface area contributed by atoms with Crippen molar-refractivity contribution in [1.82, 2.24) is 10.3 Å². The molecule has 2 rings (SSSR count). The van der Waals surface area contributed by atoms with Crippen LogP contribution in [0.15, 0.2) is 30.3 Å². The largest absolute Gasteiger partial charge is 0.346 e. The summed E-state index contributed by atoms with van der Waals surface area (Å²) < 4.78 is 0. The second kappa shape index (κ2) is 8.73. The normalized spacial score (nSPS) is 12.0. The van der Waals surface area contributed by atoms with Gasteiger partial charge in [0.25, 0.3) is 0 Å². The number of aromatic nitrogens is 1. The minimum atomic E-state index is -0.621. The molecular weight excluding hydrogens is 336 g/mol. The lowest BCUT2D eigenvalue weighted by molar-refractivity contribution is -0.125. The van der Waals surface area contributed by atoms with E-state index < -0.39 is 6.04 Å². The third-order valence-corrected chi connectivity index (χ3v) is 4.87. The Morgan fingerprint density at radius 1 is 1.24 bits per heavy atom. The van der Waals surface area contributed by atoms with Gasteiger partial charge in [0, 0.05) is 10.4 Å².